The minimum atomic E-state index is -0.00377. The summed E-state index contributed by atoms with van der Waals surface area (Å²) in [4.78, 5) is 0. The summed E-state index contributed by atoms with van der Waals surface area (Å²) >= 11 is 0. The molecule has 14 heavy (non-hydrogen) atoms. The lowest BCUT2D eigenvalue weighted by atomic mass is 9.84. The van der Waals surface area contributed by atoms with E-state index in [4.69, 9.17) is 4.74 Å². The maximum absolute atomic E-state index is 6.24. The predicted molar refractivity (Wildman–Crippen MR) is 60.4 cm³/mol. The van der Waals surface area contributed by atoms with Crippen LogP contribution in [0.5, 0.6) is 0 Å². The Bertz CT molecular complexity index is 195. The molecule has 0 spiro atoms. The zero-order valence-electron chi connectivity index (χ0n) is 10.5. The van der Waals surface area contributed by atoms with E-state index in [0.29, 0.717) is 12.0 Å². The van der Waals surface area contributed by atoms with E-state index < -0.39 is 0 Å². The molecule has 0 saturated carbocycles. The van der Waals surface area contributed by atoms with Crippen LogP contribution in [0.25, 0.3) is 0 Å². The molecule has 0 aromatic carbocycles. The minimum Gasteiger partial charge on any atom is -0.369 e. The van der Waals surface area contributed by atoms with E-state index in [1.165, 1.54) is 0 Å². The lowest BCUT2D eigenvalue weighted by Crippen LogP contribution is -2.58. The molecule has 0 aromatic rings. The van der Waals surface area contributed by atoms with Crippen LogP contribution >= 0.6 is 0 Å². The van der Waals surface area contributed by atoms with E-state index in [-0.39, 0.29) is 11.0 Å². The van der Waals surface area contributed by atoms with Crippen LogP contribution in [0.2, 0.25) is 0 Å². The lowest BCUT2D eigenvalue weighted by molar-refractivity contribution is -0.162. The minimum absolute atomic E-state index is 0.00377. The van der Waals surface area contributed by atoms with Crippen molar-refractivity contribution in [3.63, 3.8) is 0 Å². The molecular formula is C12H25NO. The fraction of sp³-hybridized carbons (Fsp3) is 1.00. The predicted octanol–water partition coefficient (Wildman–Crippen LogP) is 2.44. The molecule has 2 atom stereocenters. The molecular weight excluding hydrogens is 174 g/mol. The largest absolute Gasteiger partial charge is 0.369 e. The second-order valence-electron chi connectivity index (χ2n) is 6.07. The topological polar surface area (TPSA) is 21.3 Å². The Labute approximate surface area is 88.4 Å². The Hall–Kier alpha value is -0.0800. The third-order valence-corrected chi connectivity index (χ3v) is 3.40. The summed E-state index contributed by atoms with van der Waals surface area (Å²) in [5.41, 5.74) is 0.222. The summed E-state index contributed by atoms with van der Waals surface area (Å²) in [6.07, 6.45) is 0.323. The fourth-order valence-electron chi connectivity index (χ4n) is 1.68. The highest BCUT2D eigenvalue weighted by Crippen LogP contribution is 2.32. The van der Waals surface area contributed by atoms with Crippen molar-refractivity contribution >= 4 is 0 Å². The summed E-state index contributed by atoms with van der Waals surface area (Å²) in [5.74, 6) is 0.556. The molecule has 1 heterocycles. The lowest BCUT2D eigenvalue weighted by Gasteiger charge is -2.46. The molecule has 84 valence electrons. The molecule has 0 aromatic heterocycles. The van der Waals surface area contributed by atoms with Crippen LogP contribution in [0.3, 0.4) is 0 Å². The zero-order chi connectivity index (χ0) is 11.0. The second-order valence-corrected chi connectivity index (χ2v) is 6.07. The highest BCUT2D eigenvalue weighted by molar-refractivity contribution is 4.91. The Kier molecular flexibility index (Phi) is 3.27. The Balaban J connectivity index is 2.69. The van der Waals surface area contributed by atoms with E-state index in [1.807, 2.05) is 0 Å². The van der Waals surface area contributed by atoms with Crippen LogP contribution in [0.4, 0.5) is 0 Å². The standard InChI is InChI=1S/C12H25NO/c1-9(2)12(6)8-13-7-10(14-12)11(3,4)5/h9-10,13H,7-8H2,1-6H3. The van der Waals surface area contributed by atoms with Crippen molar-refractivity contribution in [3.8, 4) is 0 Å². The summed E-state index contributed by atoms with van der Waals surface area (Å²) in [7, 11) is 0. The van der Waals surface area contributed by atoms with Crippen LogP contribution in [-0.4, -0.2) is 24.8 Å². The molecule has 2 unspecified atom stereocenters. The van der Waals surface area contributed by atoms with Crippen molar-refractivity contribution in [2.24, 2.45) is 11.3 Å². The van der Waals surface area contributed by atoms with Crippen molar-refractivity contribution < 1.29 is 4.74 Å². The normalized spacial score (nSPS) is 34.9. The Morgan fingerprint density at radius 3 is 2.36 bits per heavy atom. The first-order valence-electron chi connectivity index (χ1n) is 5.64. The SMILES string of the molecule is CC(C)C1(C)CNCC(C(C)(C)C)O1. The molecule has 1 aliphatic heterocycles. The molecule has 1 fully saturated rings. The first kappa shape index (κ1) is 12.0. The van der Waals surface area contributed by atoms with Gasteiger partial charge in [0.25, 0.3) is 0 Å². The van der Waals surface area contributed by atoms with Crippen molar-refractivity contribution in [1.82, 2.24) is 5.32 Å². The van der Waals surface area contributed by atoms with Crippen LogP contribution in [0.15, 0.2) is 0 Å². The number of hydrogen-bond acceptors (Lipinski definition) is 2. The summed E-state index contributed by atoms with van der Waals surface area (Å²) in [5, 5.41) is 3.49. The Morgan fingerprint density at radius 1 is 1.36 bits per heavy atom. The van der Waals surface area contributed by atoms with Crippen LogP contribution in [0, 0.1) is 11.3 Å². The first-order valence-corrected chi connectivity index (χ1v) is 5.64. The van der Waals surface area contributed by atoms with Crippen LogP contribution in [-0.2, 0) is 4.74 Å². The number of morpholine rings is 1. The number of ether oxygens (including phenoxy) is 1. The van der Waals surface area contributed by atoms with Gasteiger partial charge in [0.1, 0.15) is 0 Å². The number of hydrogen-bond donors (Lipinski definition) is 1. The van der Waals surface area contributed by atoms with E-state index in [0.717, 1.165) is 13.1 Å². The molecule has 0 bridgehead atoms. The fourth-order valence-corrected chi connectivity index (χ4v) is 1.68. The van der Waals surface area contributed by atoms with Crippen LogP contribution < -0.4 is 5.32 Å². The van der Waals surface area contributed by atoms with Gasteiger partial charge >= 0.3 is 0 Å². The second kappa shape index (κ2) is 3.82. The third-order valence-electron chi connectivity index (χ3n) is 3.40. The molecule has 0 aliphatic carbocycles. The molecule has 2 nitrogen and oxygen atoms in total. The highest BCUT2D eigenvalue weighted by Gasteiger charge is 2.39. The molecule has 2 heteroatoms. The molecule has 1 rings (SSSR count). The van der Waals surface area contributed by atoms with E-state index >= 15 is 0 Å². The van der Waals surface area contributed by atoms with Gasteiger partial charge in [0.05, 0.1) is 11.7 Å². The molecule has 1 saturated heterocycles. The highest BCUT2D eigenvalue weighted by atomic mass is 16.5. The van der Waals surface area contributed by atoms with Crippen LogP contribution in [0.1, 0.15) is 41.5 Å². The summed E-state index contributed by atoms with van der Waals surface area (Å²) < 4.78 is 6.24. The van der Waals surface area contributed by atoms with Crippen molar-refractivity contribution in [3.05, 3.63) is 0 Å². The van der Waals surface area contributed by atoms with Gasteiger partial charge in [-0.25, -0.2) is 0 Å². The van der Waals surface area contributed by atoms with Crippen molar-refractivity contribution in [2.45, 2.75) is 53.2 Å². The van der Waals surface area contributed by atoms with Gasteiger partial charge in [0, 0.05) is 13.1 Å². The molecule has 0 radical (unpaired) electrons. The van der Waals surface area contributed by atoms with Gasteiger partial charge in [-0.15, -0.1) is 0 Å². The Morgan fingerprint density at radius 2 is 1.93 bits per heavy atom. The molecule has 1 aliphatic rings. The number of rotatable bonds is 1. The monoisotopic (exact) mass is 199 g/mol. The quantitative estimate of drug-likeness (QED) is 0.700. The van der Waals surface area contributed by atoms with Gasteiger partial charge in [-0.05, 0) is 18.3 Å². The van der Waals surface area contributed by atoms with E-state index in [1.54, 1.807) is 0 Å². The van der Waals surface area contributed by atoms with Gasteiger partial charge < -0.3 is 10.1 Å². The van der Waals surface area contributed by atoms with Crippen molar-refractivity contribution in [1.29, 1.82) is 0 Å². The maximum Gasteiger partial charge on any atom is 0.0805 e. The average Bonchev–Trinajstić information content (AvgIpc) is 2.02. The average molecular weight is 199 g/mol. The first-order chi connectivity index (χ1) is 6.26. The zero-order valence-corrected chi connectivity index (χ0v) is 10.5. The van der Waals surface area contributed by atoms with Gasteiger partial charge in [-0.1, -0.05) is 34.6 Å². The third kappa shape index (κ3) is 2.48. The summed E-state index contributed by atoms with van der Waals surface area (Å²) in [6, 6.07) is 0. The smallest absolute Gasteiger partial charge is 0.0805 e. The van der Waals surface area contributed by atoms with Gasteiger partial charge in [-0.3, -0.25) is 0 Å². The number of nitrogens with one attached hydrogen (secondary N) is 1. The maximum atomic E-state index is 6.24. The molecule has 1 N–H and O–H groups in total. The summed E-state index contributed by atoms with van der Waals surface area (Å²) in [6.45, 7) is 15.3. The van der Waals surface area contributed by atoms with E-state index in [2.05, 4.69) is 46.9 Å². The van der Waals surface area contributed by atoms with Crippen molar-refractivity contribution in [2.75, 3.05) is 13.1 Å². The van der Waals surface area contributed by atoms with E-state index in [9.17, 15) is 0 Å². The van der Waals surface area contributed by atoms with Gasteiger partial charge in [0.15, 0.2) is 0 Å². The van der Waals surface area contributed by atoms with Gasteiger partial charge in [-0.2, -0.15) is 0 Å². The molecule has 0 amide bonds. The van der Waals surface area contributed by atoms with Gasteiger partial charge in [0.2, 0.25) is 0 Å².